The summed E-state index contributed by atoms with van der Waals surface area (Å²) in [6, 6.07) is 14.2. The Morgan fingerprint density at radius 3 is 2.57 bits per heavy atom. The van der Waals surface area contributed by atoms with Crippen LogP contribution in [0.5, 0.6) is 11.5 Å². The Hall–Kier alpha value is -2.69. The van der Waals surface area contributed by atoms with Gasteiger partial charge in [-0.15, -0.1) is 0 Å². The highest BCUT2D eigenvalue weighted by Gasteiger charge is 2.10. The predicted molar refractivity (Wildman–Crippen MR) is 91.0 cm³/mol. The number of urea groups is 1. The van der Waals surface area contributed by atoms with Crippen molar-refractivity contribution in [1.29, 1.82) is 0 Å². The van der Waals surface area contributed by atoms with Gasteiger partial charge in [0, 0.05) is 6.04 Å². The first-order valence-corrected chi connectivity index (χ1v) is 7.57. The number of amides is 2. The molecule has 0 aliphatic carbocycles. The third kappa shape index (κ3) is 5.21. The quantitative estimate of drug-likeness (QED) is 0.763. The average molecular weight is 314 g/mol. The van der Waals surface area contributed by atoms with Crippen LogP contribution in [0.4, 0.5) is 10.5 Å². The summed E-state index contributed by atoms with van der Waals surface area (Å²) < 4.78 is 5.20. The van der Waals surface area contributed by atoms with Gasteiger partial charge in [0.25, 0.3) is 0 Å². The van der Waals surface area contributed by atoms with Gasteiger partial charge >= 0.3 is 6.03 Å². The molecule has 0 unspecified atom stereocenters. The fourth-order valence-corrected chi connectivity index (χ4v) is 2.25. The Bertz CT molecular complexity index is 641. The van der Waals surface area contributed by atoms with Gasteiger partial charge in [-0.25, -0.2) is 4.79 Å². The normalized spacial score (nSPS) is 11.6. The highest BCUT2D eigenvalue weighted by atomic mass is 16.5. The molecule has 0 saturated heterocycles. The van der Waals surface area contributed by atoms with Crippen molar-refractivity contribution in [3.63, 3.8) is 0 Å². The van der Waals surface area contributed by atoms with Crippen LogP contribution in [0.3, 0.4) is 0 Å². The van der Waals surface area contributed by atoms with E-state index in [9.17, 15) is 9.90 Å². The Kier molecular flexibility index (Phi) is 5.86. The molecule has 0 saturated carbocycles. The number of rotatable bonds is 6. The first-order valence-electron chi connectivity index (χ1n) is 7.57. The number of ether oxygens (including phenoxy) is 1. The topological polar surface area (TPSA) is 70.6 Å². The highest BCUT2D eigenvalue weighted by Crippen LogP contribution is 2.22. The van der Waals surface area contributed by atoms with Gasteiger partial charge in [0.05, 0.1) is 12.8 Å². The van der Waals surface area contributed by atoms with Crippen LogP contribution in [0.1, 0.15) is 18.9 Å². The van der Waals surface area contributed by atoms with Crippen LogP contribution >= 0.6 is 0 Å². The molecule has 5 nitrogen and oxygen atoms in total. The van der Waals surface area contributed by atoms with E-state index in [1.807, 2.05) is 31.2 Å². The monoisotopic (exact) mass is 314 g/mol. The van der Waals surface area contributed by atoms with Gasteiger partial charge < -0.3 is 20.5 Å². The minimum atomic E-state index is -0.257. The lowest BCUT2D eigenvalue weighted by atomic mass is 10.1. The van der Waals surface area contributed by atoms with Crippen LogP contribution in [0.2, 0.25) is 0 Å². The van der Waals surface area contributed by atoms with Crippen LogP contribution in [0.15, 0.2) is 48.5 Å². The standard InChI is InChI=1S/C18H22N2O3/c1-13(7-8-14-9-11-15(21)12-10-14)19-18(22)20-16-5-3-4-6-17(16)23-2/h3-6,9-13,21H,7-8H2,1-2H3,(H2,19,20,22)/t13-/m1/s1. The maximum atomic E-state index is 12.0. The van der Waals surface area contributed by atoms with Crippen molar-refractivity contribution in [2.75, 3.05) is 12.4 Å². The van der Waals surface area contributed by atoms with Crippen molar-refractivity contribution in [3.05, 3.63) is 54.1 Å². The minimum absolute atomic E-state index is 0.0264. The molecule has 0 fully saturated rings. The Labute approximate surface area is 136 Å². The van der Waals surface area contributed by atoms with E-state index in [-0.39, 0.29) is 17.8 Å². The number of benzene rings is 2. The van der Waals surface area contributed by atoms with E-state index in [4.69, 9.17) is 4.74 Å². The molecule has 0 spiro atoms. The van der Waals surface area contributed by atoms with Gasteiger partial charge in [-0.1, -0.05) is 24.3 Å². The number of phenols is 1. The molecule has 0 heterocycles. The van der Waals surface area contributed by atoms with Crippen LogP contribution in [-0.4, -0.2) is 24.3 Å². The van der Waals surface area contributed by atoms with E-state index in [1.165, 1.54) is 0 Å². The van der Waals surface area contributed by atoms with Crippen molar-refractivity contribution in [2.24, 2.45) is 0 Å². The van der Waals surface area contributed by atoms with E-state index in [0.717, 1.165) is 18.4 Å². The summed E-state index contributed by atoms with van der Waals surface area (Å²) in [6.45, 7) is 1.96. The second-order valence-electron chi connectivity index (χ2n) is 5.40. The van der Waals surface area contributed by atoms with Crippen LogP contribution in [0.25, 0.3) is 0 Å². The lowest BCUT2D eigenvalue weighted by Crippen LogP contribution is -2.36. The van der Waals surface area contributed by atoms with Gasteiger partial charge in [0.1, 0.15) is 11.5 Å². The zero-order valence-electron chi connectivity index (χ0n) is 13.4. The van der Waals surface area contributed by atoms with E-state index in [0.29, 0.717) is 11.4 Å². The fourth-order valence-electron chi connectivity index (χ4n) is 2.25. The number of anilines is 1. The van der Waals surface area contributed by atoms with Gasteiger partial charge in [0.15, 0.2) is 0 Å². The molecule has 3 N–H and O–H groups in total. The first kappa shape index (κ1) is 16.7. The maximum absolute atomic E-state index is 12.0. The minimum Gasteiger partial charge on any atom is -0.508 e. The summed E-state index contributed by atoms with van der Waals surface area (Å²) in [6.07, 6.45) is 1.64. The Morgan fingerprint density at radius 2 is 1.87 bits per heavy atom. The summed E-state index contributed by atoms with van der Waals surface area (Å²) in [5.41, 5.74) is 1.76. The van der Waals surface area contributed by atoms with Gasteiger partial charge in [-0.2, -0.15) is 0 Å². The molecule has 2 rings (SSSR count). The third-order valence-corrected chi connectivity index (χ3v) is 3.54. The first-order chi connectivity index (χ1) is 11.1. The van der Waals surface area contributed by atoms with Crippen molar-refractivity contribution in [1.82, 2.24) is 5.32 Å². The van der Waals surface area contributed by atoms with E-state index in [2.05, 4.69) is 10.6 Å². The number of hydrogen-bond acceptors (Lipinski definition) is 3. The van der Waals surface area contributed by atoms with Crippen molar-refractivity contribution in [3.8, 4) is 11.5 Å². The molecule has 0 radical (unpaired) electrons. The number of carbonyl (C=O) groups excluding carboxylic acids is 1. The molecule has 23 heavy (non-hydrogen) atoms. The molecule has 0 aliphatic rings. The van der Waals surface area contributed by atoms with Gasteiger partial charge in [0.2, 0.25) is 0 Å². The van der Waals surface area contributed by atoms with Crippen molar-refractivity contribution in [2.45, 2.75) is 25.8 Å². The molecular weight excluding hydrogens is 292 g/mol. The zero-order valence-corrected chi connectivity index (χ0v) is 13.4. The number of hydrogen-bond donors (Lipinski definition) is 3. The Morgan fingerprint density at radius 1 is 1.17 bits per heavy atom. The van der Waals surface area contributed by atoms with Crippen LogP contribution in [-0.2, 0) is 6.42 Å². The van der Waals surface area contributed by atoms with E-state index >= 15 is 0 Å². The number of aromatic hydroxyl groups is 1. The number of phenolic OH excluding ortho intramolecular Hbond substituents is 1. The largest absolute Gasteiger partial charge is 0.508 e. The second kappa shape index (κ2) is 8.08. The summed E-state index contributed by atoms with van der Waals surface area (Å²) >= 11 is 0. The summed E-state index contributed by atoms with van der Waals surface area (Å²) in [7, 11) is 1.57. The molecule has 2 amide bonds. The van der Waals surface area contributed by atoms with Gasteiger partial charge in [-0.05, 0) is 49.6 Å². The number of aryl methyl sites for hydroxylation is 1. The molecule has 122 valence electrons. The van der Waals surface area contributed by atoms with Crippen molar-refractivity contribution >= 4 is 11.7 Å². The van der Waals surface area contributed by atoms with Gasteiger partial charge in [-0.3, -0.25) is 0 Å². The summed E-state index contributed by atoms with van der Waals surface area (Å²) in [5.74, 6) is 0.885. The smallest absolute Gasteiger partial charge is 0.319 e. The number of carbonyl (C=O) groups is 1. The van der Waals surface area contributed by atoms with Crippen LogP contribution in [0, 0.1) is 0 Å². The number of methoxy groups -OCH3 is 1. The second-order valence-corrected chi connectivity index (χ2v) is 5.40. The molecule has 0 aromatic heterocycles. The molecule has 5 heteroatoms. The molecular formula is C18H22N2O3. The highest BCUT2D eigenvalue weighted by molar-refractivity contribution is 5.91. The lowest BCUT2D eigenvalue weighted by molar-refractivity contribution is 0.248. The number of nitrogens with one attached hydrogen (secondary N) is 2. The molecule has 2 aromatic carbocycles. The zero-order chi connectivity index (χ0) is 16.7. The average Bonchev–Trinajstić information content (AvgIpc) is 2.54. The third-order valence-electron chi connectivity index (χ3n) is 3.54. The summed E-state index contributed by atoms with van der Waals surface area (Å²) in [4.78, 5) is 12.0. The lowest BCUT2D eigenvalue weighted by Gasteiger charge is -2.16. The molecule has 0 bridgehead atoms. The summed E-state index contributed by atoms with van der Waals surface area (Å²) in [5, 5.41) is 15.0. The SMILES string of the molecule is COc1ccccc1NC(=O)N[C@H](C)CCc1ccc(O)cc1. The Balaban J connectivity index is 1.81. The maximum Gasteiger partial charge on any atom is 0.319 e. The van der Waals surface area contributed by atoms with Crippen molar-refractivity contribution < 1.29 is 14.6 Å². The molecule has 2 aromatic rings. The van der Waals surface area contributed by atoms with Crippen LogP contribution < -0.4 is 15.4 Å². The van der Waals surface area contributed by atoms with E-state index < -0.39 is 0 Å². The number of para-hydroxylation sites is 2. The fraction of sp³-hybridized carbons (Fsp3) is 0.278. The molecule has 1 atom stereocenters. The predicted octanol–water partition coefficient (Wildman–Crippen LogP) is 3.54. The molecule has 0 aliphatic heterocycles. The van der Waals surface area contributed by atoms with E-state index in [1.54, 1.807) is 31.4 Å².